The van der Waals surface area contributed by atoms with Gasteiger partial charge in [0.15, 0.2) is 0 Å². The molecule has 1 atom stereocenters. The fourth-order valence-corrected chi connectivity index (χ4v) is 2.96. The molecule has 1 fully saturated rings. The summed E-state index contributed by atoms with van der Waals surface area (Å²) in [6, 6.07) is 14.5. The number of likely N-dealkylation sites (N-methyl/N-ethyl adjacent to an activating group) is 1. The third-order valence-corrected chi connectivity index (χ3v) is 4.07. The van der Waals surface area contributed by atoms with Gasteiger partial charge in [-0.2, -0.15) is 0 Å². The van der Waals surface area contributed by atoms with Gasteiger partial charge in [0, 0.05) is 24.7 Å². The van der Waals surface area contributed by atoms with Crippen LogP contribution in [0.1, 0.15) is 23.7 Å². The average molecular weight is 268 g/mol. The van der Waals surface area contributed by atoms with Gasteiger partial charge in [-0.3, -0.25) is 4.79 Å². The van der Waals surface area contributed by atoms with Crippen LogP contribution < -0.4 is 5.32 Å². The Hall–Kier alpha value is -1.87. The fraction of sp³-hybridized carbons (Fsp3) is 0.353. The monoisotopic (exact) mass is 268 g/mol. The zero-order valence-electron chi connectivity index (χ0n) is 11.8. The Morgan fingerprint density at radius 3 is 2.75 bits per heavy atom. The first-order valence-electron chi connectivity index (χ1n) is 7.30. The zero-order valence-corrected chi connectivity index (χ0v) is 11.8. The molecule has 0 saturated carbocycles. The molecule has 2 aromatic carbocycles. The summed E-state index contributed by atoms with van der Waals surface area (Å²) in [4.78, 5) is 14.7. The van der Waals surface area contributed by atoms with Crippen LogP contribution in [0.3, 0.4) is 0 Å². The maximum absolute atomic E-state index is 12.7. The highest BCUT2D eigenvalue weighted by atomic mass is 16.2. The summed E-state index contributed by atoms with van der Waals surface area (Å²) in [6.45, 7) is 4.73. The molecule has 3 heteroatoms. The van der Waals surface area contributed by atoms with E-state index in [1.54, 1.807) is 0 Å². The second-order valence-corrected chi connectivity index (χ2v) is 5.30. The molecule has 0 aliphatic carbocycles. The van der Waals surface area contributed by atoms with Crippen molar-refractivity contribution in [1.82, 2.24) is 10.2 Å². The molecule has 1 aliphatic rings. The topological polar surface area (TPSA) is 32.3 Å². The maximum atomic E-state index is 12.7. The highest BCUT2D eigenvalue weighted by molar-refractivity contribution is 5.98. The summed E-state index contributed by atoms with van der Waals surface area (Å²) in [5.41, 5.74) is 0.789. The van der Waals surface area contributed by atoms with Gasteiger partial charge in [0.2, 0.25) is 0 Å². The largest absolute Gasteiger partial charge is 0.335 e. The summed E-state index contributed by atoms with van der Waals surface area (Å²) in [5, 5.41) is 5.63. The van der Waals surface area contributed by atoms with Crippen molar-refractivity contribution in [2.75, 3.05) is 19.6 Å². The average Bonchev–Trinajstić information content (AvgIpc) is 3.01. The quantitative estimate of drug-likeness (QED) is 0.928. The van der Waals surface area contributed by atoms with Gasteiger partial charge in [-0.25, -0.2) is 0 Å². The predicted molar refractivity (Wildman–Crippen MR) is 81.9 cm³/mol. The molecule has 1 aliphatic heterocycles. The van der Waals surface area contributed by atoms with Crippen LogP contribution in [0.15, 0.2) is 42.5 Å². The molecule has 3 nitrogen and oxygen atoms in total. The summed E-state index contributed by atoms with van der Waals surface area (Å²) >= 11 is 0. The van der Waals surface area contributed by atoms with Crippen LogP contribution >= 0.6 is 0 Å². The number of amides is 1. The molecule has 104 valence electrons. The number of benzene rings is 2. The third kappa shape index (κ3) is 2.41. The Labute approximate surface area is 119 Å². The lowest BCUT2D eigenvalue weighted by molar-refractivity contribution is 0.0704. The highest BCUT2D eigenvalue weighted by Crippen LogP contribution is 2.19. The minimum Gasteiger partial charge on any atom is -0.335 e. The lowest BCUT2D eigenvalue weighted by Gasteiger charge is -2.27. The Kier molecular flexibility index (Phi) is 3.70. The predicted octanol–water partition coefficient (Wildman–Crippen LogP) is 2.66. The molecule has 0 radical (unpaired) electrons. The van der Waals surface area contributed by atoms with Crippen LogP contribution in [0.4, 0.5) is 0 Å². The molecule has 1 saturated heterocycles. The molecule has 3 rings (SSSR count). The highest BCUT2D eigenvalue weighted by Gasteiger charge is 2.25. The first-order valence-corrected chi connectivity index (χ1v) is 7.30. The maximum Gasteiger partial charge on any atom is 0.254 e. The van der Waals surface area contributed by atoms with Gasteiger partial charge in [-0.05, 0) is 42.8 Å². The standard InChI is InChI=1S/C17H20N2O/c1-2-19(16-9-10-18-12-16)17(20)15-8-7-13-5-3-4-6-14(13)11-15/h3-8,11,16,18H,2,9-10,12H2,1H3. The molecule has 0 aromatic heterocycles. The molecule has 20 heavy (non-hydrogen) atoms. The second kappa shape index (κ2) is 5.63. The van der Waals surface area contributed by atoms with Gasteiger partial charge >= 0.3 is 0 Å². The van der Waals surface area contributed by atoms with Gasteiger partial charge in [-0.15, -0.1) is 0 Å². The van der Waals surface area contributed by atoms with E-state index in [1.807, 2.05) is 35.2 Å². The number of carbonyl (C=O) groups excluding carboxylic acids is 1. The molecule has 1 N–H and O–H groups in total. The van der Waals surface area contributed by atoms with E-state index in [-0.39, 0.29) is 5.91 Å². The van der Waals surface area contributed by atoms with Crippen molar-refractivity contribution in [1.29, 1.82) is 0 Å². The number of rotatable bonds is 3. The van der Waals surface area contributed by atoms with E-state index < -0.39 is 0 Å². The number of hydrogen-bond donors (Lipinski definition) is 1. The van der Waals surface area contributed by atoms with Gasteiger partial charge < -0.3 is 10.2 Å². The minimum absolute atomic E-state index is 0.145. The fourth-order valence-electron chi connectivity index (χ4n) is 2.96. The summed E-state index contributed by atoms with van der Waals surface area (Å²) < 4.78 is 0. The molecule has 1 unspecified atom stereocenters. The molecule has 1 amide bonds. The Bertz CT molecular complexity index is 617. The van der Waals surface area contributed by atoms with Crippen LogP contribution in [0.25, 0.3) is 10.8 Å². The Morgan fingerprint density at radius 2 is 2.05 bits per heavy atom. The van der Waals surface area contributed by atoms with Crippen LogP contribution in [0.2, 0.25) is 0 Å². The van der Waals surface area contributed by atoms with Crippen molar-refractivity contribution in [3.8, 4) is 0 Å². The van der Waals surface area contributed by atoms with Crippen LogP contribution in [-0.2, 0) is 0 Å². The summed E-state index contributed by atoms with van der Waals surface area (Å²) in [6.07, 6.45) is 1.05. The third-order valence-electron chi connectivity index (χ3n) is 4.07. The first kappa shape index (κ1) is 13.1. The molecule has 2 aromatic rings. The van der Waals surface area contributed by atoms with Crippen molar-refractivity contribution in [2.24, 2.45) is 0 Å². The normalized spacial score (nSPS) is 18.4. The molecular formula is C17H20N2O. The van der Waals surface area contributed by atoms with Crippen molar-refractivity contribution in [2.45, 2.75) is 19.4 Å². The van der Waals surface area contributed by atoms with E-state index in [4.69, 9.17) is 0 Å². The van der Waals surface area contributed by atoms with Gasteiger partial charge in [0.1, 0.15) is 0 Å². The van der Waals surface area contributed by atoms with E-state index in [0.29, 0.717) is 6.04 Å². The zero-order chi connectivity index (χ0) is 13.9. The molecular weight excluding hydrogens is 248 g/mol. The van der Waals surface area contributed by atoms with Crippen molar-refractivity contribution in [3.05, 3.63) is 48.0 Å². The number of fused-ring (bicyclic) bond motifs is 1. The minimum atomic E-state index is 0.145. The summed E-state index contributed by atoms with van der Waals surface area (Å²) in [5.74, 6) is 0.145. The first-order chi connectivity index (χ1) is 9.79. The van der Waals surface area contributed by atoms with E-state index in [0.717, 1.165) is 37.0 Å². The van der Waals surface area contributed by atoms with Crippen LogP contribution in [-0.4, -0.2) is 36.5 Å². The van der Waals surface area contributed by atoms with Gasteiger partial charge in [-0.1, -0.05) is 30.3 Å². The SMILES string of the molecule is CCN(C(=O)c1ccc2ccccc2c1)C1CCNC1. The summed E-state index contributed by atoms with van der Waals surface area (Å²) in [7, 11) is 0. The lowest BCUT2D eigenvalue weighted by atomic mass is 10.1. The van der Waals surface area contributed by atoms with Gasteiger partial charge in [0.25, 0.3) is 5.91 Å². The number of nitrogens with zero attached hydrogens (tertiary/aromatic N) is 1. The molecule has 0 spiro atoms. The number of nitrogens with one attached hydrogen (secondary N) is 1. The molecule has 1 heterocycles. The second-order valence-electron chi connectivity index (χ2n) is 5.30. The molecule has 0 bridgehead atoms. The van der Waals surface area contributed by atoms with Crippen LogP contribution in [0.5, 0.6) is 0 Å². The van der Waals surface area contributed by atoms with E-state index >= 15 is 0 Å². The Balaban J connectivity index is 1.90. The van der Waals surface area contributed by atoms with Crippen molar-refractivity contribution < 1.29 is 4.79 Å². The van der Waals surface area contributed by atoms with E-state index in [1.165, 1.54) is 5.39 Å². The van der Waals surface area contributed by atoms with Gasteiger partial charge in [0.05, 0.1) is 0 Å². The van der Waals surface area contributed by atoms with Crippen molar-refractivity contribution in [3.63, 3.8) is 0 Å². The Morgan fingerprint density at radius 1 is 1.25 bits per heavy atom. The van der Waals surface area contributed by atoms with Crippen molar-refractivity contribution >= 4 is 16.7 Å². The smallest absolute Gasteiger partial charge is 0.254 e. The number of hydrogen-bond acceptors (Lipinski definition) is 2. The van der Waals surface area contributed by atoms with Crippen LogP contribution in [0, 0.1) is 0 Å². The van der Waals surface area contributed by atoms with E-state index in [9.17, 15) is 4.79 Å². The lowest BCUT2D eigenvalue weighted by Crippen LogP contribution is -2.41. The van der Waals surface area contributed by atoms with E-state index in [2.05, 4.69) is 24.4 Å². The number of carbonyl (C=O) groups is 1.